The smallest absolute Gasteiger partial charge is 0.253 e. The molecule has 47 heavy (non-hydrogen) atoms. The average molecular weight is 729 g/mol. The number of alkyl halides is 1. The van der Waals surface area contributed by atoms with Crippen molar-refractivity contribution in [3.8, 4) is 5.75 Å². The summed E-state index contributed by atoms with van der Waals surface area (Å²) in [6.45, 7) is 14.1. The fourth-order valence-electron chi connectivity index (χ4n) is 7.62. The van der Waals surface area contributed by atoms with Crippen LogP contribution >= 0.6 is 27.5 Å². The zero-order valence-electron chi connectivity index (χ0n) is 27.1. The Balaban J connectivity index is 1.62. The number of aliphatic hydroxyl groups is 1. The van der Waals surface area contributed by atoms with Crippen molar-refractivity contribution >= 4 is 56.6 Å². The maximum Gasteiger partial charge on any atom is 0.253 e. The van der Waals surface area contributed by atoms with Gasteiger partial charge < -0.3 is 29.3 Å². The summed E-state index contributed by atoms with van der Waals surface area (Å²) in [5.74, 6) is -2.12. The molecule has 3 fully saturated rings. The third-order valence-corrected chi connectivity index (χ3v) is 10.5. The number of amides is 3. The quantitative estimate of drug-likeness (QED) is 0.200. The van der Waals surface area contributed by atoms with Crippen molar-refractivity contribution in [2.45, 2.75) is 62.2 Å². The van der Waals surface area contributed by atoms with Gasteiger partial charge in [-0.25, -0.2) is 0 Å². The molecule has 1 spiro atoms. The molecule has 0 saturated carbocycles. The van der Waals surface area contributed by atoms with Gasteiger partial charge in [0, 0.05) is 23.6 Å². The molecule has 2 bridgehead atoms. The fourth-order valence-corrected chi connectivity index (χ4v) is 8.80. The van der Waals surface area contributed by atoms with E-state index in [-0.39, 0.29) is 42.3 Å². The number of ether oxygens (including phenoxy) is 2. The van der Waals surface area contributed by atoms with E-state index in [1.54, 1.807) is 65.6 Å². The molecule has 0 aromatic heterocycles. The van der Waals surface area contributed by atoms with E-state index in [0.29, 0.717) is 41.6 Å². The summed E-state index contributed by atoms with van der Waals surface area (Å²) in [5, 5.41) is 11.0. The molecule has 1 N–H and O–H groups in total. The van der Waals surface area contributed by atoms with E-state index < -0.39 is 41.5 Å². The van der Waals surface area contributed by atoms with Crippen LogP contribution in [0.1, 0.15) is 33.6 Å². The molecule has 0 aliphatic carbocycles. The number of halogens is 2. The Labute approximate surface area is 290 Å². The van der Waals surface area contributed by atoms with Crippen LogP contribution in [0.3, 0.4) is 0 Å². The van der Waals surface area contributed by atoms with Gasteiger partial charge in [0.2, 0.25) is 11.8 Å². The monoisotopic (exact) mass is 727 g/mol. The first-order valence-electron chi connectivity index (χ1n) is 16.1. The van der Waals surface area contributed by atoms with Crippen molar-refractivity contribution in [2.24, 2.45) is 17.8 Å². The van der Waals surface area contributed by atoms with Gasteiger partial charge >= 0.3 is 0 Å². The van der Waals surface area contributed by atoms with E-state index in [4.69, 9.17) is 21.1 Å². The number of likely N-dealkylation sites (tertiary alicyclic amines) is 1. The standard InChI is InChI=1S/C36H43BrClN3O6/c1-6-17-39(23-13-15-25(16-14-23)46-8-3)33(43)29-30-34(44)41(24(21-42)19-22(4)5)32(36(30)20-26(37)31(29)47-36)35(45)40(18-7-2)28-12-10-9-11-27(28)38/h6-7,9-16,22,24,26,29-32,42H,1-2,8,17-21H2,3-5H3/t24-,26?,29+,30+,31+,32?,36?/m1/s1. The summed E-state index contributed by atoms with van der Waals surface area (Å²) in [4.78, 5) is 48.7. The third-order valence-electron chi connectivity index (χ3n) is 9.35. The summed E-state index contributed by atoms with van der Waals surface area (Å²) >= 11 is 10.4. The molecule has 3 unspecified atom stereocenters. The Morgan fingerprint density at radius 1 is 1.13 bits per heavy atom. The summed E-state index contributed by atoms with van der Waals surface area (Å²) in [6.07, 6.45) is 3.37. The van der Waals surface area contributed by atoms with E-state index in [1.807, 2.05) is 20.8 Å². The lowest BCUT2D eigenvalue weighted by Gasteiger charge is -2.40. The Kier molecular flexibility index (Phi) is 10.9. The van der Waals surface area contributed by atoms with Crippen molar-refractivity contribution in [3.05, 3.63) is 78.9 Å². The van der Waals surface area contributed by atoms with E-state index in [2.05, 4.69) is 29.1 Å². The van der Waals surface area contributed by atoms with Crippen LogP contribution in [0.4, 0.5) is 11.4 Å². The van der Waals surface area contributed by atoms with E-state index in [0.717, 1.165) is 0 Å². The van der Waals surface area contributed by atoms with Gasteiger partial charge in [0.1, 0.15) is 17.4 Å². The summed E-state index contributed by atoms with van der Waals surface area (Å²) in [7, 11) is 0. The second-order valence-electron chi connectivity index (χ2n) is 12.7. The largest absolute Gasteiger partial charge is 0.494 e. The van der Waals surface area contributed by atoms with Gasteiger partial charge in [0.25, 0.3) is 5.91 Å². The lowest BCUT2D eigenvalue weighted by Crippen LogP contribution is -2.59. The van der Waals surface area contributed by atoms with E-state index in [9.17, 15) is 19.5 Å². The molecule has 3 saturated heterocycles. The van der Waals surface area contributed by atoms with Crippen LogP contribution in [0.25, 0.3) is 0 Å². The number of hydrogen-bond acceptors (Lipinski definition) is 6. The highest BCUT2D eigenvalue weighted by Crippen LogP contribution is 2.61. The van der Waals surface area contributed by atoms with Gasteiger partial charge in [-0.15, -0.1) is 13.2 Å². The highest BCUT2D eigenvalue weighted by atomic mass is 79.9. The van der Waals surface area contributed by atoms with Crippen LogP contribution in [0.2, 0.25) is 5.02 Å². The maximum atomic E-state index is 14.9. The number of carbonyl (C=O) groups is 3. The zero-order valence-corrected chi connectivity index (χ0v) is 29.4. The molecule has 5 rings (SSSR count). The number of anilines is 2. The van der Waals surface area contributed by atoms with Crippen LogP contribution in [-0.2, 0) is 19.1 Å². The molecular formula is C36H43BrClN3O6. The van der Waals surface area contributed by atoms with E-state index in [1.165, 1.54) is 9.80 Å². The second-order valence-corrected chi connectivity index (χ2v) is 14.3. The highest BCUT2D eigenvalue weighted by Gasteiger charge is 2.77. The highest BCUT2D eigenvalue weighted by molar-refractivity contribution is 9.09. The number of rotatable bonds is 14. The summed E-state index contributed by atoms with van der Waals surface area (Å²) < 4.78 is 12.4. The lowest BCUT2D eigenvalue weighted by atomic mass is 9.70. The lowest BCUT2D eigenvalue weighted by molar-refractivity contribution is -0.144. The van der Waals surface area contributed by atoms with Crippen LogP contribution in [-0.4, -0.2) is 82.6 Å². The Morgan fingerprint density at radius 3 is 2.38 bits per heavy atom. The topological polar surface area (TPSA) is 99.6 Å². The minimum atomic E-state index is -1.32. The van der Waals surface area contributed by atoms with Crippen LogP contribution < -0.4 is 14.5 Å². The molecule has 11 heteroatoms. The normalized spacial score (nSPS) is 26.7. The number of fused-ring (bicyclic) bond motifs is 1. The number of aliphatic hydroxyl groups excluding tert-OH is 1. The molecule has 2 aromatic carbocycles. The number of nitrogens with zero attached hydrogens (tertiary/aromatic N) is 3. The van der Waals surface area contributed by atoms with E-state index >= 15 is 0 Å². The maximum absolute atomic E-state index is 14.9. The minimum absolute atomic E-state index is 0.114. The molecule has 7 atom stereocenters. The minimum Gasteiger partial charge on any atom is -0.494 e. The van der Waals surface area contributed by atoms with Crippen LogP contribution in [0.15, 0.2) is 73.8 Å². The summed E-state index contributed by atoms with van der Waals surface area (Å²) in [5.41, 5.74) is -0.226. The predicted octanol–water partition coefficient (Wildman–Crippen LogP) is 5.63. The predicted molar refractivity (Wildman–Crippen MR) is 187 cm³/mol. The molecule has 3 aliphatic rings. The van der Waals surface area contributed by atoms with Gasteiger partial charge in [-0.3, -0.25) is 14.4 Å². The number of carbonyl (C=O) groups excluding carboxylic acids is 3. The van der Waals surface area contributed by atoms with Crippen molar-refractivity contribution < 1.29 is 29.0 Å². The van der Waals surface area contributed by atoms with Crippen LogP contribution in [0.5, 0.6) is 5.75 Å². The SMILES string of the molecule is C=CCN(C(=O)[C@H]1[C@H]2C(=O)N([C@@H](CO)CC(C)C)C(C(=O)N(CC=C)c3ccccc3Cl)C23CC(Br)[C@@H]1O3)c1ccc(OCC)cc1. The average Bonchev–Trinajstić information content (AvgIpc) is 3.65. The van der Waals surface area contributed by atoms with Crippen molar-refractivity contribution in [3.63, 3.8) is 0 Å². The molecule has 9 nitrogen and oxygen atoms in total. The molecular weight excluding hydrogens is 686 g/mol. The van der Waals surface area contributed by atoms with Crippen molar-refractivity contribution in [1.82, 2.24) is 4.90 Å². The van der Waals surface area contributed by atoms with Gasteiger partial charge in [-0.05, 0) is 62.1 Å². The molecule has 0 radical (unpaired) electrons. The third kappa shape index (κ3) is 6.25. The van der Waals surface area contributed by atoms with Gasteiger partial charge in [-0.1, -0.05) is 65.7 Å². The molecule has 2 aromatic rings. The molecule has 252 valence electrons. The molecule has 3 amide bonds. The van der Waals surface area contributed by atoms with Gasteiger partial charge in [0.05, 0.1) is 47.9 Å². The first-order valence-corrected chi connectivity index (χ1v) is 17.4. The second kappa shape index (κ2) is 14.5. The number of para-hydroxylation sites is 1. The van der Waals surface area contributed by atoms with Gasteiger partial charge in [0.15, 0.2) is 0 Å². The summed E-state index contributed by atoms with van der Waals surface area (Å²) in [6, 6.07) is 12.4. The Bertz CT molecular complexity index is 1500. The fraction of sp³-hybridized carbons (Fsp3) is 0.472. The Morgan fingerprint density at radius 2 is 1.79 bits per heavy atom. The zero-order chi connectivity index (χ0) is 34.0. The molecule has 3 heterocycles. The van der Waals surface area contributed by atoms with Gasteiger partial charge in [-0.2, -0.15) is 0 Å². The van der Waals surface area contributed by atoms with Crippen LogP contribution in [0, 0.1) is 17.8 Å². The first kappa shape index (κ1) is 35.1. The van der Waals surface area contributed by atoms with Crippen molar-refractivity contribution in [1.29, 1.82) is 0 Å². The van der Waals surface area contributed by atoms with Crippen molar-refractivity contribution in [2.75, 3.05) is 36.1 Å². The molecule has 3 aliphatic heterocycles. The first-order chi connectivity index (χ1) is 22.5. The number of benzene rings is 2. The Hall–Kier alpha value is -3.18. The number of hydrogen-bond donors (Lipinski definition) is 1.